The van der Waals surface area contributed by atoms with Gasteiger partial charge in [0, 0.05) is 0 Å². The summed E-state index contributed by atoms with van der Waals surface area (Å²) in [6.45, 7) is 1.61. The van der Waals surface area contributed by atoms with Crippen LogP contribution in [0.3, 0.4) is 0 Å². The summed E-state index contributed by atoms with van der Waals surface area (Å²) in [6.07, 6.45) is 9.09. The molecule has 4 heteroatoms. The van der Waals surface area contributed by atoms with Crippen molar-refractivity contribution in [2.45, 2.75) is 57.3 Å². The third-order valence-corrected chi connectivity index (χ3v) is 7.10. The highest BCUT2D eigenvalue weighted by molar-refractivity contribution is 5.50. The molecule has 0 atom stereocenters. The van der Waals surface area contributed by atoms with E-state index in [0.717, 1.165) is 36.8 Å². The first-order chi connectivity index (χ1) is 17.1. The minimum atomic E-state index is -0.903. The summed E-state index contributed by atoms with van der Waals surface area (Å²) in [6, 6.07) is 20.2. The van der Waals surface area contributed by atoms with Gasteiger partial charge in [-0.15, -0.1) is 0 Å². The minimum Gasteiger partial charge on any atom is -0.491 e. The van der Waals surface area contributed by atoms with Crippen LogP contribution in [0.1, 0.15) is 72.3 Å². The molecule has 4 rings (SSSR count). The Morgan fingerprint density at radius 1 is 0.771 bits per heavy atom. The number of aryl methyl sites for hydroxylation is 2. The molecule has 0 N–H and O–H groups in total. The number of hydrogen-bond acceptors (Lipinski definition) is 1. The fourth-order valence-electron chi connectivity index (χ4n) is 5.09. The average Bonchev–Trinajstić information content (AvgIpc) is 2.90. The standard InChI is InChI=1S/C31H33F3O/c1-2-35-29-20-19-28(30(33)31(29)34)14-9-23-7-12-25(13-8-23)27-17-15-26(16-18-27)24-10-5-22(6-11-24)4-3-21-32/h3-8,10-13,19-20,26-27H,2,9,14-18,21H2,1H3/b4-3+. The van der Waals surface area contributed by atoms with Crippen LogP contribution in [0, 0.1) is 11.6 Å². The van der Waals surface area contributed by atoms with Gasteiger partial charge in [-0.05, 0) is 91.2 Å². The van der Waals surface area contributed by atoms with Crippen LogP contribution in [0.15, 0.2) is 66.7 Å². The number of allylic oxidation sites excluding steroid dienone is 1. The lowest BCUT2D eigenvalue weighted by Gasteiger charge is -2.29. The molecule has 1 fully saturated rings. The van der Waals surface area contributed by atoms with E-state index in [1.54, 1.807) is 13.0 Å². The molecule has 1 saturated carbocycles. The van der Waals surface area contributed by atoms with E-state index in [1.807, 2.05) is 6.08 Å². The van der Waals surface area contributed by atoms with E-state index in [4.69, 9.17) is 4.74 Å². The molecule has 0 saturated heterocycles. The van der Waals surface area contributed by atoms with Crippen LogP contribution in [-0.4, -0.2) is 13.3 Å². The van der Waals surface area contributed by atoms with E-state index in [-0.39, 0.29) is 5.75 Å². The highest BCUT2D eigenvalue weighted by atomic mass is 19.2. The molecule has 3 aromatic rings. The summed E-state index contributed by atoms with van der Waals surface area (Å²) in [7, 11) is 0. The second-order valence-corrected chi connectivity index (χ2v) is 9.30. The molecule has 1 nitrogen and oxygen atoms in total. The van der Waals surface area contributed by atoms with Gasteiger partial charge in [0.15, 0.2) is 11.6 Å². The van der Waals surface area contributed by atoms with Gasteiger partial charge in [-0.25, -0.2) is 8.78 Å². The number of halogens is 3. The van der Waals surface area contributed by atoms with Crippen LogP contribution in [0.25, 0.3) is 6.08 Å². The van der Waals surface area contributed by atoms with Gasteiger partial charge >= 0.3 is 0 Å². The van der Waals surface area contributed by atoms with Crippen LogP contribution < -0.4 is 4.74 Å². The Balaban J connectivity index is 1.30. The van der Waals surface area contributed by atoms with Crippen molar-refractivity contribution in [3.63, 3.8) is 0 Å². The zero-order valence-electron chi connectivity index (χ0n) is 20.3. The van der Waals surface area contributed by atoms with Gasteiger partial charge in [-0.1, -0.05) is 66.7 Å². The van der Waals surface area contributed by atoms with Crippen molar-refractivity contribution in [2.24, 2.45) is 0 Å². The molecule has 0 heterocycles. The molecule has 0 radical (unpaired) electrons. The Morgan fingerprint density at radius 2 is 1.37 bits per heavy atom. The largest absolute Gasteiger partial charge is 0.491 e. The smallest absolute Gasteiger partial charge is 0.200 e. The lowest BCUT2D eigenvalue weighted by Crippen LogP contribution is -2.12. The van der Waals surface area contributed by atoms with E-state index in [1.165, 1.54) is 23.3 Å². The molecule has 0 aliphatic heterocycles. The Kier molecular flexibility index (Phi) is 8.68. The number of rotatable bonds is 9. The monoisotopic (exact) mass is 478 g/mol. The molecule has 1 aliphatic carbocycles. The molecular weight excluding hydrogens is 445 g/mol. The Bertz CT molecular complexity index is 1110. The first kappa shape index (κ1) is 25.1. The van der Waals surface area contributed by atoms with Crippen molar-refractivity contribution in [3.8, 4) is 5.75 Å². The zero-order chi connectivity index (χ0) is 24.6. The van der Waals surface area contributed by atoms with Gasteiger partial charge < -0.3 is 4.74 Å². The number of hydrogen-bond donors (Lipinski definition) is 0. The summed E-state index contributed by atoms with van der Waals surface area (Å²) in [5.41, 5.74) is 5.26. The Morgan fingerprint density at radius 3 is 1.94 bits per heavy atom. The summed E-state index contributed by atoms with van der Waals surface area (Å²) in [5.74, 6) is -0.607. The molecule has 0 aromatic heterocycles. The maximum atomic E-state index is 14.3. The molecule has 3 aromatic carbocycles. The van der Waals surface area contributed by atoms with Gasteiger partial charge in [0.2, 0.25) is 5.82 Å². The van der Waals surface area contributed by atoms with Crippen molar-refractivity contribution in [1.29, 1.82) is 0 Å². The third-order valence-electron chi connectivity index (χ3n) is 7.10. The van der Waals surface area contributed by atoms with Crippen LogP contribution in [0.4, 0.5) is 13.2 Å². The van der Waals surface area contributed by atoms with E-state index in [9.17, 15) is 13.2 Å². The summed E-state index contributed by atoms with van der Waals surface area (Å²) in [4.78, 5) is 0. The molecule has 184 valence electrons. The van der Waals surface area contributed by atoms with Crippen molar-refractivity contribution in [1.82, 2.24) is 0 Å². The topological polar surface area (TPSA) is 9.23 Å². The highest BCUT2D eigenvalue weighted by Crippen LogP contribution is 2.40. The molecule has 0 bridgehead atoms. The summed E-state index contributed by atoms with van der Waals surface area (Å²) in [5, 5.41) is 0. The van der Waals surface area contributed by atoms with Crippen LogP contribution in [0.5, 0.6) is 5.75 Å². The van der Waals surface area contributed by atoms with E-state index >= 15 is 0 Å². The van der Waals surface area contributed by atoms with Gasteiger partial charge in [0.05, 0.1) is 6.61 Å². The number of ether oxygens (including phenoxy) is 1. The predicted molar refractivity (Wildman–Crippen MR) is 137 cm³/mol. The Hall–Kier alpha value is -3.01. The fourth-order valence-corrected chi connectivity index (χ4v) is 5.09. The molecule has 0 spiro atoms. The van der Waals surface area contributed by atoms with Crippen LogP contribution in [0.2, 0.25) is 0 Å². The first-order valence-corrected chi connectivity index (χ1v) is 12.6. The van der Waals surface area contributed by atoms with Gasteiger partial charge in [-0.2, -0.15) is 4.39 Å². The first-order valence-electron chi connectivity index (χ1n) is 12.6. The summed E-state index contributed by atoms with van der Waals surface area (Å²) >= 11 is 0. The SMILES string of the molecule is CCOc1ccc(CCc2ccc(C3CCC(c4ccc(/C=C/CF)cc4)CC3)cc2)c(F)c1F. The average molecular weight is 479 g/mol. The Labute approximate surface area is 206 Å². The second-order valence-electron chi connectivity index (χ2n) is 9.30. The lowest BCUT2D eigenvalue weighted by atomic mass is 9.76. The maximum absolute atomic E-state index is 14.3. The van der Waals surface area contributed by atoms with E-state index < -0.39 is 18.3 Å². The van der Waals surface area contributed by atoms with Gasteiger partial charge in [-0.3, -0.25) is 0 Å². The maximum Gasteiger partial charge on any atom is 0.200 e. The number of benzene rings is 3. The predicted octanol–water partition coefficient (Wildman–Crippen LogP) is 8.57. The normalized spacial score (nSPS) is 18.2. The molecule has 35 heavy (non-hydrogen) atoms. The lowest BCUT2D eigenvalue weighted by molar-refractivity contribution is 0.313. The third kappa shape index (κ3) is 6.36. The van der Waals surface area contributed by atoms with E-state index in [2.05, 4.69) is 48.5 Å². The minimum absolute atomic E-state index is 0.0319. The number of alkyl halides is 1. The highest BCUT2D eigenvalue weighted by Gasteiger charge is 2.23. The molecule has 0 unspecified atom stereocenters. The van der Waals surface area contributed by atoms with Gasteiger partial charge in [0.25, 0.3) is 0 Å². The molecule has 1 aliphatic rings. The fraction of sp³-hybridized carbons (Fsp3) is 0.355. The van der Waals surface area contributed by atoms with E-state index in [0.29, 0.717) is 36.8 Å². The van der Waals surface area contributed by atoms with Crippen LogP contribution >= 0.6 is 0 Å². The quantitative estimate of drug-likeness (QED) is 0.299. The van der Waals surface area contributed by atoms with Crippen molar-refractivity contribution >= 4 is 6.08 Å². The van der Waals surface area contributed by atoms with Crippen molar-refractivity contribution in [2.75, 3.05) is 13.3 Å². The molecule has 0 amide bonds. The van der Waals surface area contributed by atoms with Crippen molar-refractivity contribution < 1.29 is 17.9 Å². The second kappa shape index (κ2) is 12.1. The molecular formula is C31H33F3O. The summed E-state index contributed by atoms with van der Waals surface area (Å²) < 4.78 is 45.9. The van der Waals surface area contributed by atoms with Gasteiger partial charge in [0.1, 0.15) is 6.67 Å². The van der Waals surface area contributed by atoms with Crippen LogP contribution in [-0.2, 0) is 12.8 Å². The van der Waals surface area contributed by atoms with Crippen molar-refractivity contribution in [3.05, 3.63) is 106 Å². The zero-order valence-corrected chi connectivity index (χ0v) is 20.3.